The van der Waals surface area contributed by atoms with Crippen LogP contribution in [-0.4, -0.2) is 34.6 Å². The summed E-state index contributed by atoms with van der Waals surface area (Å²) >= 11 is 0. The van der Waals surface area contributed by atoms with Crippen molar-refractivity contribution in [2.45, 2.75) is 45.1 Å². The maximum Gasteiger partial charge on any atom is 0.326 e. The molecule has 1 aliphatic heterocycles. The Morgan fingerprint density at radius 1 is 1.50 bits per heavy atom. The van der Waals surface area contributed by atoms with Crippen LogP contribution in [-0.2, 0) is 14.4 Å². The highest BCUT2D eigenvalue weighted by molar-refractivity contribution is 6.39. The molecule has 1 rings (SSSR count). The van der Waals surface area contributed by atoms with Crippen molar-refractivity contribution < 1.29 is 19.5 Å². The summed E-state index contributed by atoms with van der Waals surface area (Å²) in [5.74, 6) is -1.83. The zero-order valence-corrected chi connectivity index (χ0v) is 10.2. The van der Waals surface area contributed by atoms with Gasteiger partial charge >= 0.3 is 5.97 Å². The molecule has 7 nitrogen and oxygen atoms in total. The van der Waals surface area contributed by atoms with E-state index < -0.39 is 17.9 Å². The molecule has 0 aromatic heterocycles. The van der Waals surface area contributed by atoms with E-state index >= 15 is 0 Å². The van der Waals surface area contributed by atoms with Crippen LogP contribution >= 0.6 is 0 Å². The molecule has 0 aromatic rings. The minimum atomic E-state index is -1.06. The molecule has 1 aliphatic rings. The summed E-state index contributed by atoms with van der Waals surface area (Å²) < 4.78 is 0. The first-order chi connectivity index (χ1) is 8.54. The van der Waals surface area contributed by atoms with E-state index in [1.54, 1.807) is 0 Å². The van der Waals surface area contributed by atoms with Gasteiger partial charge in [0.15, 0.2) is 0 Å². The number of carbonyl (C=O) groups excluding carboxylic acids is 2. The number of hydrogen-bond donors (Lipinski definition) is 3. The van der Waals surface area contributed by atoms with Crippen molar-refractivity contribution in [1.82, 2.24) is 10.7 Å². The van der Waals surface area contributed by atoms with Crippen molar-refractivity contribution in [2.75, 3.05) is 0 Å². The topological polar surface area (TPSA) is 108 Å². The fourth-order valence-electron chi connectivity index (χ4n) is 1.55. The number of nitrogens with zero attached hydrogens (tertiary/aromatic N) is 1. The third kappa shape index (κ3) is 4.15. The van der Waals surface area contributed by atoms with E-state index in [9.17, 15) is 14.4 Å². The van der Waals surface area contributed by atoms with Gasteiger partial charge in [-0.1, -0.05) is 19.8 Å². The molecule has 0 bridgehead atoms. The number of carbonyl (C=O) groups is 3. The summed E-state index contributed by atoms with van der Waals surface area (Å²) in [7, 11) is 0. The molecule has 2 amide bonds. The van der Waals surface area contributed by atoms with Gasteiger partial charge in [-0.25, -0.2) is 10.2 Å². The standard InChI is InChI=1S/C11H17N3O4/c1-2-3-4-8(11(17)18)12-10(16)7-5-6-9(15)14-13-7/h8H,2-6H2,1H3,(H,12,16)(H,14,15)(H,17,18)/t8-/m0/s1. The smallest absolute Gasteiger partial charge is 0.326 e. The van der Waals surface area contributed by atoms with Gasteiger partial charge in [0.25, 0.3) is 5.91 Å². The van der Waals surface area contributed by atoms with Gasteiger partial charge in [-0.3, -0.25) is 9.59 Å². The highest BCUT2D eigenvalue weighted by Crippen LogP contribution is 2.04. The molecule has 0 aliphatic carbocycles. The van der Waals surface area contributed by atoms with Gasteiger partial charge in [-0.15, -0.1) is 0 Å². The predicted molar refractivity (Wildman–Crippen MR) is 63.9 cm³/mol. The molecule has 1 atom stereocenters. The molecule has 1 heterocycles. The largest absolute Gasteiger partial charge is 0.480 e. The Kier molecular flexibility index (Phi) is 5.29. The van der Waals surface area contributed by atoms with Crippen LogP contribution in [0.5, 0.6) is 0 Å². The van der Waals surface area contributed by atoms with Crippen LogP contribution in [0.3, 0.4) is 0 Å². The van der Waals surface area contributed by atoms with E-state index in [2.05, 4.69) is 15.8 Å². The molecule has 0 radical (unpaired) electrons. The van der Waals surface area contributed by atoms with Gasteiger partial charge in [-0.05, 0) is 6.42 Å². The van der Waals surface area contributed by atoms with E-state index in [1.807, 2.05) is 6.92 Å². The Morgan fingerprint density at radius 2 is 2.22 bits per heavy atom. The number of rotatable bonds is 6. The summed E-state index contributed by atoms with van der Waals surface area (Å²) in [6.07, 6.45) is 2.39. The lowest BCUT2D eigenvalue weighted by atomic mass is 10.1. The normalized spacial score (nSPS) is 16.5. The van der Waals surface area contributed by atoms with E-state index in [4.69, 9.17) is 5.11 Å². The van der Waals surface area contributed by atoms with Gasteiger partial charge in [-0.2, -0.15) is 5.10 Å². The maximum atomic E-state index is 11.7. The van der Waals surface area contributed by atoms with Crippen molar-refractivity contribution in [3.63, 3.8) is 0 Å². The summed E-state index contributed by atoms with van der Waals surface area (Å²) in [5.41, 5.74) is 2.36. The third-order valence-corrected chi connectivity index (χ3v) is 2.62. The van der Waals surface area contributed by atoms with Gasteiger partial charge in [0.2, 0.25) is 5.91 Å². The molecule has 7 heteroatoms. The number of hydrogen-bond acceptors (Lipinski definition) is 4. The first-order valence-electron chi connectivity index (χ1n) is 5.93. The number of nitrogens with one attached hydrogen (secondary N) is 2. The van der Waals surface area contributed by atoms with Crippen molar-refractivity contribution >= 4 is 23.5 Å². The van der Waals surface area contributed by atoms with Crippen molar-refractivity contribution in [2.24, 2.45) is 5.10 Å². The number of aliphatic carboxylic acids is 1. The highest BCUT2D eigenvalue weighted by Gasteiger charge is 2.24. The Bertz CT molecular complexity index is 378. The molecule has 100 valence electrons. The van der Waals surface area contributed by atoms with Crippen LogP contribution < -0.4 is 10.7 Å². The van der Waals surface area contributed by atoms with Gasteiger partial charge < -0.3 is 10.4 Å². The van der Waals surface area contributed by atoms with Crippen LogP contribution in [0.4, 0.5) is 0 Å². The second-order valence-corrected chi connectivity index (χ2v) is 4.10. The fourth-order valence-corrected chi connectivity index (χ4v) is 1.55. The monoisotopic (exact) mass is 255 g/mol. The van der Waals surface area contributed by atoms with E-state index in [1.165, 1.54) is 0 Å². The summed E-state index contributed by atoms with van der Waals surface area (Å²) in [6, 6.07) is -0.905. The number of carboxylic acid groups (broad SMARTS) is 1. The van der Waals surface area contributed by atoms with Gasteiger partial charge in [0, 0.05) is 12.8 Å². The lowest BCUT2D eigenvalue weighted by Crippen LogP contribution is -2.45. The SMILES string of the molecule is CCCC[C@H](NC(=O)C1=NNC(=O)CC1)C(=O)O. The van der Waals surface area contributed by atoms with Crippen LogP contribution in [0.25, 0.3) is 0 Å². The van der Waals surface area contributed by atoms with Gasteiger partial charge in [0.1, 0.15) is 11.8 Å². The Balaban J connectivity index is 2.55. The molecule has 0 fully saturated rings. The van der Waals surface area contributed by atoms with E-state index in [0.717, 1.165) is 12.8 Å². The molecule has 0 aromatic carbocycles. The predicted octanol–water partition coefficient (Wildman–Crippen LogP) is 0.0120. The summed E-state index contributed by atoms with van der Waals surface area (Å²) in [6.45, 7) is 1.95. The van der Waals surface area contributed by atoms with Crippen molar-refractivity contribution in [1.29, 1.82) is 0 Å². The molecule has 0 saturated heterocycles. The van der Waals surface area contributed by atoms with E-state index in [0.29, 0.717) is 6.42 Å². The first kappa shape index (κ1) is 14.1. The minimum absolute atomic E-state index is 0.164. The molecular weight excluding hydrogens is 238 g/mol. The Hall–Kier alpha value is -1.92. The fraction of sp³-hybridized carbons (Fsp3) is 0.636. The average molecular weight is 255 g/mol. The number of amides is 2. The summed E-state index contributed by atoms with van der Waals surface area (Å²) in [4.78, 5) is 33.5. The van der Waals surface area contributed by atoms with E-state index in [-0.39, 0.29) is 24.5 Å². The molecule has 0 saturated carbocycles. The average Bonchev–Trinajstić information content (AvgIpc) is 2.34. The van der Waals surface area contributed by atoms with Gasteiger partial charge in [0.05, 0.1) is 0 Å². The molecular formula is C11H17N3O4. The Labute approximate surface area is 105 Å². The van der Waals surface area contributed by atoms with Crippen LogP contribution in [0.1, 0.15) is 39.0 Å². The van der Waals surface area contributed by atoms with Crippen molar-refractivity contribution in [3.05, 3.63) is 0 Å². The minimum Gasteiger partial charge on any atom is -0.480 e. The first-order valence-corrected chi connectivity index (χ1v) is 5.93. The zero-order chi connectivity index (χ0) is 13.5. The lowest BCUT2D eigenvalue weighted by Gasteiger charge is -2.16. The van der Waals surface area contributed by atoms with Crippen LogP contribution in [0, 0.1) is 0 Å². The number of hydrazone groups is 1. The maximum absolute atomic E-state index is 11.7. The molecule has 0 spiro atoms. The molecule has 3 N–H and O–H groups in total. The number of unbranched alkanes of at least 4 members (excludes halogenated alkanes) is 1. The van der Waals surface area contributed by atoms with Crippen LogP contribution in [0.15, 0.2) is 5.10 Å². The quantitative estimate of drug-likeness (QED) is 0.621. The Morgan fingerprint density at radius 3 is 2.72 bits per heavy atom. The highest BCUT2D eigenvalue weighted by atomic mass is 16.4. The summed E-state index contributed by atoms with van der Waals surface area (Å²) in [5, 5.41) is 15.0. The third-order valence-electron chi connectivity index (χ3n) is 2.62. The second kappa shape index (κ2) is 6.73. The van der Waals surface area contributed by atoms with Crippen LogP contribution in [0.2, 0.25) is 0 Å². The molecule has 18 heavy (non-hydrogen) atoms. The number of carboxylic acids is 1. The lowest BCUT2D eigenvalue weighted by molar-refractivity contribution is -0.141. The second-order valence-electron chi connectivity index (χ2n) is 4.10. The van der Waals surface area contributed by atoms with Crippen molar-refractivity contribution in [3.8, 4) is 0 Å². The molecule has 0 unspecified atom stereocenters. The zero-order valence-electron chi connectivity index (χ0n) is 10.2.